The van der Waals surface area contributed by atoms with Crippen LogP contribution in [0.3, 0.4) is 0 Å². The molecule has 1 aliphatic rings. The summed E-state index contributed by atoms with van der Waals surface area (Å²) in [5.41, 5.74) is 0.696. The van der Waals surface area contributed by atoms with Gasteiger partial charge in [-0.05, 0) is 42.7 Å². The van der Waals surface area contributed by atoms with E-state index in [1.165, 1.54) is 37.6 Å². The Morgan fingerprint density at radius 3 is 2.15 bits per heavy atom. The molecule has 1 aliphatic heterocycles. The van der Waals surface area contributed by atoms with Crippen LogP contribution in [-0.4, -0.2) is 55.2 Å². The molecule has 0 N–H and O–H groups in total. The van der Waals surface area contributed by atoms with Gasteiger partial charge in [0.1, 0.15) is 22.6 Å². The molecule has 1 aromatic heterocycles. The van der Waals surface area contributed by atoms with Crippen LogP contribution in [0.2, 0.25) is 0 Å². The molecule has 4 rings (SSSR count). The van der Waals surface area contributed by atoms with E-state index in [4.69, 9.17) is 23.3 Å². The first-order valence-electron chi connectivity index (χ1n) is 13.5. The molecule has 0 saturated heterocycles. The van der Waals surface area contributed by atoms with Crippen LogP contribution in [0.15, 0.2) is 42.6 Å². The summed E-state index contributed by atoms with van der Waals surface area (Å²) in [5.74, 6) is -1.64. The second kappa shape index (κ2) is 14.0. The van der Waals surface area contributed by atoms with Gasteiger partial charge in [-0.15, -0.1) is 0 Å². The molecule has 2 aromatic carbocycles. The van der Waals surface area contributed by atoms with Crippen molar-refractivity contribution in [1.82, 2.24) is 9.88 Å². The number of carbonyl (C=O) groups excluding carboxylic acids is 2. The summed E-state index contributed by atoms with van der Waals surface area (Å²) in [4.78, 5) is 33.0. The van der Waals surface area contributed by atoms with Crippen LogP contribution in [0, 0.1) is 5.82 Å². The lowest BCUT2D eigenvalue weighted by molar-refractivity contribution is 0.0505. The summed E-state index contributed by atoms with van der Waals surface area (Å²) in [6.07, 6.45) is 4.07. The predicted octanol–water partition coefficient (Wildman–Crippen LogP) is 6.32. The van der Waals surface area contributed by atoms with Crippen molar-refractivity contribution in [3.8, 4) is 11.5 Å². The third kappa shape index (κ3) is 6.93. The fourth-order valence-electron chi connectivity index (χ4n) is 4.30. The van der Waals surface area contributed by atoms with Gasteiger partial charge in [0.05, 0.1) is 25.3 Å². The smallest absolute Gasteiger partial charge is 0.367 e. The highest BCUT2D eigenvalue weighted by molar-refractivity contribution is 7.53. The third-order valence-corrected chi connectivity index (χ3v) is 8.00. The summed E-state index contributed by atoms with van der Waals surface area (Å²) >= 11 is 0. The summed E-state index contributed by atoms with van der Waals surface area (Å²) in [7, 11) is -2.30. The van der Waals surface area contributed by atoms with Gasteiger partial charge in [-0.25, -0.2) is 4.39 Å². The average molecular weight is 589 g/mol. The SMILES string of the molecule is CCCCOP(=O)(COc1c2c(c(OCOC)c3ncccc13)C(=O)N(Cc1ccc(F)cc1)C2=O)OCCCC. The zero-order valence-corrected chi connectivity index (χ0v) is 24.3. The first-order chi connectivity index (χ1) is 19.8. The van der Waals surface area contributed by atoms with Crippen LogP contribution >= 0.6 is 7.60 Å². The van der Waals surface area contributed by atoms with Crippen molar-refractivity contribution in [3.63, 3.8) is 0 Å². The minimum absolute atomic E-state index is 0.0197. The van der Waals surface area contributed by atoms with Crippen LogP contribution in [-0.2, 0) is 24.9 Å². The van der Waals surface area contributed by atoms with E-state index in [1.54, 1.807) is 12.1 Å². The van der Waals surface area contributed by atoms with Gasteiger partial charge in [0.25, 0.3) is 11.8 Å². The molecule has 0 atom stereocenters. The summed E-state index contributed by atoms with van der Waals surface area (Å²) < 4.78 is 55.4. The van der Waals surface area contributed by atoms with Crippen LogP contribution in [0.4, 0.5) is 4.39 Å². The fraction of sp³-hybridized carbons (Fsp3) is 0.414. The number of halogens is 1. The number of hydrogen-bond donors (Lipinski definition) is 0. The van der Waals surface area contributed by atoms with Gasteiger partial charge < -0.3 is 23.3 Å². The highest BCUT2D eigenvalue weighted by Gasteiger charge is 2.43. The molecule has 0 aliphatic carbocycles. The standard InChI is InChI=1S/C29H34FN2O8P/c1-4-6-15-39-41(35,40-16-7-5-2)19-38-26-22-9-8-14-31-25(22)27(37-18-36-3)24-23(26)28(33)32(29(24)34)17-20-10-12-21(30)13-11-20/h8-14H,4-7,15-19H2,1-3H3. The van der Waals surface area contributed by atoms with E-state index in [0.29, 0.717) is 23.8 Å². The number of unbranched alkanes of at least 4 members (excludes halogenated alkanes) is 2. The molecular weight excluding hydrogens is 554 g/mol. The first kappa shape index (κ1) is 30.6. The number of methoxy groups -OCH3 is 1. The van der Waals surface area contributed by atoms with E-state index in [-0.39, 0.29) is 54.7 Å². The van der Waals surface area contributed by atoms with E-state index in [1.807, 2.05) is 13.8 Å². The molecule has 2 amide bonds. The third-order valence-electron chi connectivity index (χ3n) is 6.40. The van der Waals surface area contributed by atoms with Crippen LogP contribution in [0.25, 0.3) is 10.9 Å². The van der Waals surface area contributed by atoms with Gasteiger partial charge in [-0.2, -0.15) is 0 Å². The normalized spacial score (nSPS) is 13.2. The second-order valence-electron chi connectivity index (χ2n) is 9.44. The topological polar surface area (TPSA) is 113 Å². The minimum Gasteiger partial charge on any atom is -0.479 e. The lowest BCUT2D eigenvalue weighted by Gasteiger charge is -2.21. The average Bonchev–Trinajstić information content (AvgIpc) is 3.21. The number of ether oxygens (including phenoxy) is 3. The number of amides is 2. The maximum atomic E-state index is 13.8. The number of benzene rings is 2. The van der Waals surface area contributed by atoms with Gasteiger partial charge in [0.2, 0.25) is 0 Å². The molecule has 0 unspecified atom stereocenters. The van der Waals surface area contributed by atoms with Crippen molar-refractivity contribution in [2.75, 3.05) is 33.5 Å². The van der Waals surface area contributed by atoms with E-state index in [2.05, 4.69) is 4.98 Å². The van der Waals surface area contributed by atoms with E-state index >= 15 is 0 Å². The number of imide groups is 1. The monoisotopic (exact) mass is 588 g/mol. The van der Waals surface area contributed by atoms with Gasteiger partial charge in [-0.3, -0.25) is 24.0 Å². The molecule has 0 radical (unpaired) electrons. The molecule has 41 heavy (non-hydrogen) atoms. The van der Waals surface area contributed by atoms with Crippen LogP contribution in [0.1, 0.15) is 65.8 Å². The van der Waals surface area contributed by atoms with Gasteiger partial charge in [0, 0.05) is 18.7 Å². The maximum absolute atomic E-state index is 13.8. The van der Waals surface area contributed by atoms with E-state index < -0.39 is 31.6 Å². The summed E-state index contributed by atoms with van der Waals surface area (Å²) in [6, 6.07) is 8.81. The van der Waals surface area contributed by atoms with Crippen LogP contribution in [0.5, 0.6) is 11.5 Å². The quantitative estimate of drug-likeness (QED) is 0.0821. The van der Waals surface area contributed by atoms with Crippen molar-refractivity contribution < 1.29 is 41.8 Å². The molecule has 10 nitrogen and oxygen atoms in total. The molecule has 0 spiro atoms. The Morgan fingerprint density at radius 2 is 1.54 bits per heavy atom. The Morgan fingerprint density at radius 1 is 0.902 bits per heavy atom. The number of hydrogen-bond acceptors (Lipinski definition) is 9. The van der Waals surface area contributed by atoms with Crippen molar-refractivity contribution in [2.24, 2.45) is 0 Å². The van der Waals surface area contributed by atoms with Crippen molar-refractivity contribution >= 4 is 30.3 Å². The zero-order chi connectivity index (χ0) is 29.4. The van der Waals surface area contributed by atoms with Crippen LogP contribution < -0.4 is 9.47 Å². The Labute approximate surface area is 238 Å². The molecular formula is C29H34FN2O8P. The molecule has 2 heterocycles. The molecule has 0 fully saturated rings. The Bertz CT molecular complexity index is 1420. The zero-order valence-electron chi connectivity index (χ0n) is 23.4. The number of carbonyl (C=O) groups is 2. The number of nitrogens with zero attached hydrogens (tertiary/aromatic N) is 2. The van der Waals surface area contributed by atoms with E-state index in [0.717, 1.165) is 17.7 Å². The van der Waals surface area contributed by atoms with Gasteiger partial charge >= 0.3 is 7.60 Å². The lowest BCUT2D eigenvalue weighted by atomic mass is 10.0. The first-order valence-corrected chi connectivity index (χ1v) is 15.2. The highest BCUT2D eigenvalue weighted by Crippen LogP contribution is 2.51. The molecule has 12 heteroatoms. The Kier molecular flexibility index (Phi) is 10.4. The van der Waals surface area contributed by atoms with Crippen molar-refractivity contribution in [2.45, 2.75) is 46.1 Å². The molecule has 0 saturated carbocycles. The number of pyridine rings is 1. The second-order valence-corrected chi connectivity index (χ2v) is 11.4. The summed E-state index contributed by atoms with van der Waals surface area (Å²) in [5, 5.41) is 0.371. The number of aromatic nitrogens is 1. The Balaban J connectivity index is 1.78. The fourth-order valence-corrected chi connectivity index (χ4v) is 5.62. The van der Waals surface area contributed by atoms with Crippen molar-refractivity contribution in [1.29, 1.82) is 0 Å². The number of fused-ring (bicyclic) bond motifs is 2. The molecule has 220 valence electrons. The maximum Gasteiger partial charge on any atom is 0.367 e. The van der Waals surface area contributed by atoms with Gasteiger partial charge in [-0.1, -0.05) is 38.8 Å². The Hall–Kier alpha value is -3.37. The lowest BCUT2D eigenvalue weighted by Crippen LogP contribution is -2.29. The largest absolute Gasteiger partial charge is 0.479 e. The molecule has 3 aromatic rings. The predicted molar refractivity (Wildman–Crippen MR) is 150 cm³/mol. The van der Waals surface area contributed by atoms with Crippen molar-refractivity contribution in [3.05, 3.63) is 65.1 Å². The summed E-state index contributed by atoms with van der Waals surface area (Å²) in [6.45, 7) is 4.09. The number of rotatable bonds is 16. The van der Waals surface area contributed by atoms with E-state index in [9.17, 15) is 18.5 Å². The highest BCUT2D eigenvalue weighted by atomic mass is 31.2. The minimum atomic E-state index is -3.73. The molecule has 0 bridgehead atoms. The van der Waals surface area contributed by atoms with Gasteiger partial charge in [0.15, 0.2) is 18.9 Å².